The molecule has 3 aromatic rings. The molecule has 150 valence electrons. The SMILES string of the molecule is Cc1cccc(NC(=O)N2CCc3c(c(COc4ccc(F)cc4)nn3C)C2)c1. The first-order chi connectivity index (χ1) is 14.0. The van der Waals surface area contributed by atoms with E-state index in [9.17, 15) is 9.18 Å². The van der Waals surface area contributed by atoms with Crippen molar-refractivity contribution in [3.63, 3.8) is 0 Å². The lowest BCUT2D eigenvalue weighted by Gasteiger charge is -2.28. The number of rotatable bonds is 4. The number of carbonyl (C=O) groups is 1. The van der Waals surface area contributed by atoms with E-state index in [2.05, 4.69) is 10.4 Å². The molecule has 0 atom stereocenters. The van der Waals surface area contributed by atoms with E-state index < -0.39 is 0 Å². The van der Waals surface area contributed by atoms with Crippen LogP contribution in [0.5, 0.6) is 5.75 Å². The van der Waals surface area contributed by atoms with Crippen molar-refractivity contribution in [1.82, 2.24) is 14.7 Å². The summed E-state index contributed by atoms with van der Waals surface area (Å²) in [7, 11) is 1.91. The Morgan fingerprint density at radius 3 is 2.79 bits per heavy atom. The van der Waals surface area contributed by atoms with Crippen LogP contribution in [-0.2, 0) is 26.6 Å². The van der Waals surface area contributed by atoms with Crippen molar-refractivity contribution in [2.75, 3.05) is 11.9 Å². The third-order valence-electron chi connectivity index (χ3n) is 5.07. The van der Waals surface area contributed by atoms with Crippen LogP contribution in [-0.4, -0.2) is 27.3 Å². The summed E-state index contributed by atoms with van der Waals surface area (Å²) in [6, 6.07) is 13.5. The Hall–Kier alpha value is -3.35. The number of aryl methyl sites for hydroxylation is 2. The van der Waals surface area contributed by atoms with Crippen LogP contribution in [0.15, 0.2) is 48.5 Å². The van der Waals surface area contributed by atoms with Crippen LogP contribution in [0.25, 0.3) is 0 Å². The molecule has 0 saturated carbocycles. The van der Waals surface area contributed by atoms with Crippen LogP contribution in [0.3, 0.4) is 0 Å². The van der Waals surface area contributed by atoms with Gasteiger partial charge in [0.25, 0.3) is 0 Å². The average molecular weight is 394 g/mol. The standard InChI is InChI=1S/C22H23FN4O2/c1-15-4-3-5-17(12-15)24-22(28)27-11-10-21-19(13-27)20(25-26(21)2)14-29-18-8-6-16(23)7-9-18/h3-9,12H,10-11,13-14H2,1-2H3,(H,24,28). The number of aromatic nitrogens is 2. The molecule has 6 nitrogen and oxygen atoms in total. The third kappa shape index (κ3) is 4.23. The van der Waals surface area contributed by atoms with Gasteiger partial charge in [0.1, 0.15) is 23.9 Å². The fraction of sp³-hybridized carbons (Fsp3) is 0.273. The van der Waals surface area contributed by atoms with Gasteiger partial charge in [-0.2, -0.15) is 5.10 Å². The number of benzene rings is 2. The summed E-state index contributed by atoms with van der Waals surface area (Å²) in [5.41, 5.74) is 4.80. The molecule has 0 spiro atoms. The topological polar surface area (TPSA) is 59.4 Å². The molecule has 0 aliphatic carbocycles. The van der Waals surface area contributed by atoms with E-state index in [-0.39, 0.29) is 18.5 Å². The van der Waals surface area contributed by atoms with Gasteiger partial charge in [0, 0.05) is 37.0 Å². The maximum atomic E-state index is 13.1. The first kappa shape index (κ1) is 19.0. The first-order valence-corrected chi connectivity index (χ1v) is 9.54. The van der Waals surface area contributed by atoms with Crippen LogP contribution >= 0.6 is 0 Å². The molecule has 0 fully saturated rings. The summed E-state index contributed by atoms with van der Waals surface area (Å²) in [4.78, 5) is 14.5. The third-order valence-corrected chi connectivity index (χ3v) is 5.07. The summed E-state index contributed by atoms with van der Waals surface area (Å²) >= 11 is 0. The van der Waals surface area contributed by atoms with Gasteiger partial charge in [0.05, 0.1) is 6.54 Å². The first-order valence-electron chi connectivity index (χ1n) is 9.54. The monoisotopic (exact) mass is 394 g/mol. The highest BCUT2D eigenvalue weighted by Gasteiger charge is 2.27. The molecule has 2 heterocycles. The van der Waals surface area contributed by atoms with E-state index in [4.69, 9.17) is 4.74 Å². The van der Waals surface area contributed by atoms with E-state index in [1.807, 2.05) is 42.9 Å². The van der Waals surface area contributed by atoms with Gasteiger partial charge < -0.3 is 15.0 Å². The molecule has 1 aliphatic rings. The number of anilines is 1. The number of ether oxygens (including phenoxy) is 1. The molecule has 7 heteroatoms. The minimum atomic E-state index is -0.303. The number of halogens is 1. The lowest BCUT2D eigenvalue weighted by atomic mass is 10.1. The number of nitrogens with one attached hydrogen (secondary N) is 1. The van der Waals surface area contributed by atoms with Crippen LogP contribution in [0.2, 0.25) is 0 Å². The molecule has 0 bridgehead atoms. The molecule has 29 heavy (non-hydrogen) atoms. The van der Waals surface area contributed by atoms with Gasteiger partial charge in [-0.3, -0.25) is 4.68 Å². The largest absolute Gasteiger partial charge is 0.487 e. The number of hydrogen-bond donors (Lipinski definition) is 1. The minimum Gasteiger partial charge on any atom is -0.487 e. The molecule has 1 aromatic heterocycles. The molecule has 0 radical (unpaired) electrons. The zero-order chi connectivity index (χ0) is 20.4. The predicted octanol–water partition coefficient (Wildman–Crippen LogP) is 4.04. The van der Waals surface area contributed by atoms with E-state index in [0.29, 0.717) is 18.8 Å². The van der Waals surface area contributed by atoms with Gasteiger partial charge in [-0.05, 0) is 48.9 Å². The lowest BCUT2D eigenvalue weighted by molar-refractivity contribution is 0.205. The fourth-order valence-electron chi connectivity index (χ4n) is 3.57. The van der Waals surface area contributed by atoms with Crippen molar-refractivity contribution in [2.45, 2.75) is 26.5 Å². The molecule has 2 aromatic carbocycles. The van der Waals surface area contributed by atoms with E-state index in [1.165, 1.54) is 12.1 Å². The number of nitrogens with zero attached hydrogens (tertiary/aromatic N) is 3. The summed E-state index contributed by atoms with van der Waals surface area (Å²) in [5, 5.41) is 7.54. The number of carbonyl (C=O) groups excluding carboxylic acids is 1. The van der Waals surface area contributed by atoms with Gasteiger partial charge in [0.15, 0.2) is 0 Å². The number of hydrogen-bond acceptors (Lipinski definition) is 3. The normalized spacial score (nSPS) is 13.1. The summed E-state index contributed by atoms with van der Waals surface area (Å²) in [6.07, 6.45) is 0.733. The summed E-state index contributed by atoms with van der Waals surface area (Å²) < 4.78 is 20.7. The summed E-state index contributed by atoms with van der Waals surface area (Å²) in [6.45, 7) is 3.36. The Bertz CT molecular complexity index is 1030. The van der Waals surface area contributed by atoms with Crippen molar-refractivity contribution >= 4 is 11.7 Å². The smallest absolute Gasteiger partial charge is 0.322 e. The van der Waals surface area contributed by atoms with Crippen molar-refractivity contribution in [3.8, 4) is 5.75 Å². The Labute approximate surface area is 168 Å². The van der Waals surface area contributed by atoms with Crippen LogP contribution in [0.4, 0.5) is 14.9 Å². The Balaban J connectivity index is 1.46. The minimum absolute atomic E-state index is 0.129. The van der Waals surface area contributed by atoms with Gasteiger partial charge in [-0.15, -0.1) is 0 Å². The molecular weight excluding hydrogens is 371 g/mol. The Morgan fingerprint density at radius 1 is 1.24 bits per heavy atom. The number of fused-ring (bicyclic) bond motifs is 1. The maximum absolute atomic E-state index is 13.1. The highest BCUT2D eigenvalue weighted by molar-refractivity contribution is 5.89. The molecule has 0 saturated heterocycles. The van der Waals surface area contributed by atoms with Crippen molar-refractivity contribution in [1.29, 1.82) is 0 Å². The van der Waals surface area contributed by atoms with Gasteiger partial charge in [-0.1, -0.05) is 12.1 Å². The summed E-state index contributed by atoms with van der Waals surface area (Å²) in [5.74, 6) is 0.276. The van der Waals surface area contributed by atoms with Gasteiger partial charge >= 0.3 is 6.03 Å². The second kappa shape index (κ2) is 7.95. The molecule has 4 rings (SSSR count). The molecule has 1 N–H and O–H groups in total. The zero-order valence-corrected chi connectivity index (χ0v) is 16.5. The van der Waals surface area contributed by atoms with E-state index >= 15 is 0 Å². The highest BCUT2D eigenvalue weighted by Crippen LogP contribution is 2.24. The Morgan fingerprint density at radius 2 is 2.03 bits per heavy atom. The quantitative estimate of drug-likeness (QED) is 0.727. The maximum Gasteiger partial charge on any atom is 0.322 e. The molecule has 2 amide bonds. The van der Waals surface area contributed by atoms with Crippen LogP contribution in [0, 0.1) is 12.7 Å². The highest BCUT2D eigenvalue weighted by atomic mass is 19.1. The predicted molar refractivity (Wildman–Crippen MR) is 108 cm³/mol. The fourth-order valence-corrected chi connectivity index (χ4v) is 3.57. The zero-order valence-electron chi connectivity index (χ0n) is 16.5. The van der Waals surface area contributed by atoms with E-state index in [1.54, 1.807) is 17.0 Å². The van der Waals surface area contributed by atoms with Crippen molar-refractivity contribution < 1.29 is 13.9 Å². The molecular formula is C22H23FN4O2. The second-order valence-electron chi connectivity index (χ2n) is 7.21. The molecule has 1 aliphatic heterocycles. The number of amides is 2. The lowest BCUT2D eigenvalue weighted by Crippen LogP contribution is -2.39. The Kier molecular flexibility index (Phi) is 5.20. The average Bonchev–Trinajstić information content (AvgIpc) is 3.03. The second-order valence-corrected chi connectivity index (χ2v) is 7.21. The molecule has 0 unspecified atom stereocenters. The van der Waals surface area contributed by atoms with Gasteiger partial charge in [0.2, 0.25) is 0 Å². The van der Waals surface area contributed by atoms with Gasteiger partial charge in [-0.25, -0.2) is 9.18 Å². The van der Waals surface area contributed by atoms with E-state index in [0.717, 1.165) is 34.6 Å². The van der Waals surface area contributed by atoms with Crippen molar-refractivity contribution in [2.24, 2.45) is 7.05 Å². The van der Waals surface area contributed by atoms with Crippen LogP contribution < -0.4 is 10.1 Å². The van der Waals surface area contributed by atoms with Crippen LogP contribution in [0.1, 0.15) is 22.5 Å². The van der Waals surface area contributed by atoms with Crippen molar-refractivity contribution in [3.05, 3.63) is 76.9 Å². The number of urea groups is 1.